The fraction of sp³-hybridized carbons (Fsp3) is 0.286. The zero-order valence-electron chi connectivity index (χ0n) is 11.6. The lowest BCUT2D eigenvalue weighted by Gasteiger charge is -2.26. The number of rotatable bonds is 5. The van der Waals surface area contributed by atoms with E-state index in [0.29, 0.717) is 29.7 Å². The average Bonchev–Trinajstić information content (AvgIpc) is 2.45. The summed E-state index contributed by atoms with van der Waals surface area (Å²) in [5.74, 6) is 0.412. The van der Waals surface area contributed by atoms with Crippen LogP contribution in [0.25, 0.3) is 0 Å². The molecule has 6 nitrogen and oxygen atoms in total. The minimum atomic E-state index is -3.46. The number of ether oxygens (including phenoxy) is 1. The second kappa shape index (κ2) is 6.20. The molecular formula is C14H14ClN3O3S. The van der Waals surface area contributed by atoms with Gasteiger partial charge in [0.15, 0.2) is 9.84 Å². The van der Waals surface area contributed by atoms with Crippen LogP contribution in [0.1, 0.15) is 5.69 Å². The van der Waals surface area contributed by atoms with Gasteiger partial charge < -0.3 is 10.1 Å². The molecular weight excluding hydrogens is 326 g/mol. The van der Waals surface area contributed by atoms with Crippen LogP contribution >= 0.6 is 11.6 Å². The van der Waals surface area contributed by atoms with Gasteiger partial charge in [-0.2, -0.15) is 5.10 Å². The molecule has 1 N–H and O–H groups in total. The molecule has 0 saturated carbocycles. The van der Waals surface area contributed by atoms with Gasteiger partial charge in [0.1, 0.15) is 5.82 Å². The summed E-state index contributed by atoms with van der Waals surface area (Å²) in [6.45, 7) is 1.29. The number of hydrogen-bond donors (Lipinski definition) is 1. The van der Waals surface area contributed by atoms with Crippen molar-refractivity contribution in [3.63, 3.8) is 0 Å². The Balaban J connectivity index is 1.70. The van der Waals surface area contributed by atoms with Crippen LogP contribution in [0.15, 0.2) is 41.3 Å². The summed E-state index contributed by atoms with van der Waals surface area (Å²) in [6, 6.07) is 9.69. The molecule has 1 aromatic heterocycles. The van der Waals surface area contributed by atoms with Crippen molar-refractivity contribution in [1.82, 2.24) is 10.2 Å². The predicted molar refractivity (Wildman–Crippen MR) is 82.6 cm³/mol. The minimum Gasteiger partial charge on any atom is -0.377 e. The van der Waals surface area contributed by atoms with Gasteiger partial charge in [-0.05, 0) is 36.4 Å². The van der Waals surface area contributed by atoms with Crippen LogP contribution in [0.5, 0.6) is 0 Å². The Morgan fingerprint density at radius 1 is 1.14 bits per heavy atom. The number of halogens is 1. The standard InChI is InChI=1S/C14H14ClN3O3S/c15-10-1-4-13(5-2-10)22(19,20)9-11-3-6-14(18-17-11)16-12-7-21-8-12/h1-6,12H,7-9H2,(H,16,18). The Morgan fingerprint density at radius 3 is 2.41 bits per heavy atom. The van der Waals surface area contributed by atoms with Crippen LogP contribution in [-0.4, -0.2) is 37.9 Å². The molecule has 2 aromatic rings. The summed E-state index contributed by atoms with van der Waals surface area (Å²) < 4.78 is 29.6. The minimum absolute atomic E-state index is 0.200. The zero-order chi connectivity index (χ0) is 15.6. The van der Waals surface area contributed by atoms with E-state index in [-0.39, 0.29) is 16.7 Å². The van der Waals surface area contributed by atoms with E-state index in [9.17, 15) is 8.42 Å². The van der Waals surface area contributed by atoms with E-state index in [1.807, 2.05) is 0 Å². The van der Waals surface area contributed by atoms with Gasteiger partial charge in [-0.3, -0.25) is 0 Å². The highest BCUT2D eigenvalue weighted by atomic mass is 35.5. The highest BCUT2D eigenvalue weighted by Gasteiger charge is 2.19. The van der Waals surface area contributed by atoms with Gasteiger partial charge in [0.05, 0.1) is 35.6 Å². The third-order valence-electron chi connectivity index (χ3n) is 3.22. The molecule has 0 aliphatic carbocycles. The van der Waals surface area contributed by atoms with E-state index in [0.717, 1.165) is 0 Å². The highest BCUT2D eigenvalue weighted by molar-refractivity contribution is 7.90. The second-order valence-electron chi connectivity index (χ2n) is 5.00. The maximum absolute atomic E-state index is 12.3. The molecule has 22 heavy (non-hydrogen) atoms. The van der Waals surface area contributed by atoms with Crippen LogP contribution in [0.4, 0.5) is 5.82 Å². The Labute approximate surface area is 133 Å². The third-order valence-corrected chi connectivity index (χ3v) is 5.14. The van der Waals surface area contributed by atoms with Gasteiger partial charge in [0.25, 0.3) is 0 Å². The molecule has 0 unspecified atom stereocenters. The van der Waals surface area contributed by atoms with Crippen molar-refractivity contribution in [1.29, 1.82) is 0 Å². The number of benzene rings is 1. The van der Waals surface area contributed by atoms with Gasteiger partial charge in [0, 0.05) is 5.02 Å². The highest BCUT2D eigenvalue weighted by Crippen LogP contribution is 2.18. The summed E-state index contributed by atoms with van der Waals surface area (Å²) in [6.07, 6.45) is 0. The molecule has 0 amide bonds. The van der Waals surface area contributed by atoms with E-state index < -0.39 is 9.84 Å². The van der Waals surface area contributed by atoms with Crippen molar-refractivity contribution in [2.75, 3.05) is 18.5 Å². The van der Waals surface area contributed by atoms with Crippen LogP contribution in [0, 0.1) is 0 Å². The van der Waals surface area contributed by atoms with Gasteiger partial charge in [0.2, 0.25) is 0 Å². The Hall–Kier alpha value is -1.70. The number of hydrogen-bond acceptors (Lipinski definition) is 6. The Kier molecular flexibility index (Phi) is 4.28. The van der Waals surface area contributed by atoms with Crippen molar-refractivity contribution in [2.45, 2.75) is 16.7 Å². The van der Waals surface area contributed by atoms with Crippen LogP contribution in [-0.2, 0) is 20.3 Å². The van der Waals surface area contributed by atoms with E-state index in [1.165, 1.54) is 12.1 Å². The van der Waals surface area contributed by atoms with Gasteiger partial charge in [-0.25, -0.2) is 8.42 Å². The molecule has 0 spiro atoms. The van der Waals surface area contributed by atoms with E-state index in [4.69, 9.17) is 16.3 Å². The molecule has 0 radical (unpaired) electrons. The first kappa shape index (κ1) is 15.2. The first-order valence-electron chi connectivity index (χ1n) is 6.68. The fourth-order valence-electron chi connectivity index (χ4n) is 1.96. The maximum atomic E-state index is 12.3. The normalized spacial score (nSPS) is 15.3. The van der Waals surface area contributed by atoms with Crippen molar-refractivity contribution >= 4 is 27.3 Å². The molecule has 116 valence electrons. The first-order valence-corrected chi connectivity index (χ1v) is 8.71. The molecule has 3 rings (SSSR count). The third kappa shape index (κ3) is 3.55. The summed E-state index contributed by atoms with van der Waals surface area (Å²) >= 11 is 5.76. The molecule has 1 saturated heterocycles. The average molecular weight is 340 g/mol. The molecule has 1 aliphatic heterocycles. The number of nitrogens with one attached hydrogen (secondary N) is 1. The molecule has 0 bridgehead atoms. The Morgan fingerprint density at radius 2 is 1.86 bits per heavy atom. The fourth-order valence-corrected chi connectivity index (χ4v) is 3.35. The molecule has 1 aliphatic rings. The lowest BCUT2D eigenvalue weighted by Crippen LogP contribution is -2.40. The van der Waals surface area contributed by atoms with Crippen molar-refractivity contribution in [3.8, 4) is 0 Å². The smallest absolute Gasteiger partial charge is 0.184 e. The number of sulfone groups is 1. The van der Waals surface area contributed by atoms with Crippen LogP contribution < -0.4 is 5.32 Å². The van der Waals surface area contributed by atoms with Gasteiger partial charge >= 0.3 is 0 Å². The topological polar surface area (TPSA) is 81.2 Å². The predicted octanol–water partition coefficient (Wildman–Crippen LogP) is 1.91. The number of anilines is 1. The summed E-state index contributed by atoms with van der Waals surface area (Å²) in [4.78, 5) is 0.215. The zero-order valence-corrected chi connectivity index (χ0v) is 13.1. The first-order chi connectivity index (χ1) is 10.5. The summed E-state index contributed by atoms with van der Waals surface area (Å²) in [5, 5.41) is 11.6. The Bertz CT molecular complexity index is 744. The number of nitrogens with zero attached hydrogens (tertiary/aromatic N) is 2. The van der Waals surface area contributed by atoms with Crippen LogP contribution in [0.2, 0.25) is 5.02 Å². The monoisotopic (exact) mass is 339 g/mol. The molecule has 8 heteroatoms. The lowest BCUT2D eigenvalue weighted by molar-refractivity contribution is 0.0209. The van der Waals surface area contributed by atoms with Gasteiger partial charge in [-0.15, -0.1) is 5.10 Å². The summed E-state index contributed by atoms with van der Waals surface area (Å²) in [5.41, 5.74) is 0.394. The molecule has 0 atom stereocenters. The lowest BCUT2D eigenvalue weighted by atomic mass is 10.2. The second-order valence-corrected chi connectivity index (χ2v) is 7.43. The van der Waals surface area contributed by atoms with E-state index in [2.05, 4.69) is 15.5 Å². The van der Waals surface area contributed by atoms with Crippen molar-refractivity contribution in [2.24, 2.45) is 0 Å². The van der Waals surface area contributed by atoms with E-state index >= 15 is 0 Å². The van der Waals surface area contributed by atoms with Crippen LogP contribution in [0.3, 0.4) is 0 Å². The quantitative estimate of drug-likeness (QED) is 0.896. The molecule has 1 fully saturated rings. The molecule has 1 aromatic carbocycles. The summed E-state index contributed by atoms with van der Waals surface area (Å²) in [7, 11) is -3.46. The SMILES string of the molecule is O=S(=O)(Cc1ccc(NC2COC2)nn1)c1ccc(Cl)cc1. The maximum Gasteiger partial charge on any atom is 0.184 e. The van der Waals surface area contributed by atoms with Crippen molar-refractivity contribution in [3.05, 3.63) is 47.1 Å². The largest absolute Gasteiger partial charge is 0.377 e. The van der Waals surface area contributed by atoms with Crippen molar-refractivity contribution < 1.29 is 13.2 Å². The molecule has 2 heterocycles. The van der Waals surface area contributed by atoms with Gasteiger partial charge in [-0.1, -0.05) is 11.6 Å². The number of aromatic nitrogens is 2. The van der Waals surface area contributed by atoms with E-state index in [1.54, 1.807) is 24.3 Å².